The lowest BCUT2D eigenvalue weighted by Crippen LogP contribution is -2.71. The van der Waals surface area contributed by atoms with Gasteiger partial charge in [0.25, 0.3) is 5.91 Å². The number of thioether (sulfide) groups is 2. The molecule has 2 heterocycles. The average molecular weight is 413 g/mol. The van der Waals surface area contributed by atoms with Crippen molar-refractivity contribution in [3.05, 3.63) is 11.3 Å². The summed E-state index contributed by atoms with van der Waals surface area (Å²) in [6.07, 6.45) is 0. The first kappa shape index (κ1) is 21.1. The van der Waals surface area contributed by atoms with Gasteiger partial charge in [-0.25, -0.2) is 4.79 Å². The molecule has 2 amide bonds. The number of rotatable bonds is 8. The van der Waals surface area contributed by atoms with E-state index in [9.17, 15) is 24.3 Å². The van der Waals surface area contributed by atoms with Gasteiger partial charge >= 0.3 is 11.9 Å². The lowest BCUT2D eigenvalue weighted by atomic mass is 10.0. The number of nitrogens with one attached hydrogen (secondary N) is 1. The SMILES string of the molecule is CC(=O)OCC1=C(C(=O)O)N2C(=O)[C@@H](NC(=O)C(C)CSCC#N)[C@@H]2SC1. The maximum absolute atomic E-state index is 12.5. The molecule has 2 N–H and O–H groups in total. The number of nitrogens with zero attached hydrogens (tertiary/aromatic N) is 2. The zero-order valence-electron chi connectivity index (χ0n) is 14.8. The van der Waals surface area contributed by atoms with Crippen LogP contribution in [0.15, 0.2) is 11.3 Å². The fourth-order valence-electron chi connectivity index (χ4n) is 2.64. The van der Waals surface area contributed by atoms with Crippen molar-refractivity contribution in [1.29, 1.82) is 5.26 Å². The number of carbonyl (C=O) groups excluding carboxylic acids is 3. The molecular formula is C16H19N3O6S2. The summed E-state index contributed by atoms with van der Waals surface area (Å²) in [6, 6.07) is 1.19. The van der Waals surface area contributed by atoms with Gasteiger partial charge in [0.05, 0.1) is 11.8 Å². The molecule has 0 spiro atoms. The van der Waals surface area contributed by atoms with Crippen molar-refractivity contribution >= 4 is 47.3 Å². The van der Waals surface area contributed by atoms with Crippen molar-refractivity contribution in [3.63, 3.8) is 0 Å². The summed E-state index contributed by atoms with van der Waals surface area (Å²) in [5.41, 5.74) is 0.159. The van der Waals surface area contributed by atoms with E-state index in [2.05, 4.69) is 5.32 Å². The van der Waals surface area contributed by atoms with Crippen LogP contribution in [0.1, 0.15) is 13.8 Å². The lowest BCUT2D eigenvalue weighted by molar-refractivity contribution is -0.151. The third-order valence-electron chi connectivity index (χ3n) is 3.98. The molecular weight excluding hydrogens is 394 g/mol. The molecule has 2 aliphatic heterocycles. The molecule has 0 saturated carbocycles. The average Bonchev–Trinajstić information content (AvgIpc) is 2.62. The second kappa shape index (κ2) is 9.14. The van der Waals surface area contributed by atoms with Gasteiger partial charge in [-0.15, -0.1) is 23.5 Å². The fourth-order valence-corrected chi connectivity index (χ4v) is 4.68. The van der Waals surface area contributed by atoms with Crippen molar-refractivity contribution < 1.29 is 29.0 Å². The number of amides is 2. The number of carbonyl (C=O) groups is 4. The van der Waals surface area contributed by atoms with Crippen LogP contribution in [0.5, 0.6) is 0 Å². The number of fused-ring (bicyclic) bond motifs is 1. The Morgan fingerprint density at radius 2 is 2.22 bits per heavy atom. The van der Waals surface area contributed by atoms with E-state index in [4.69, 9.17) is 10.00 Å². The van der Waals surface area contributed by atoms with Gasteiger partial charge in [-0.1, -0.05) is 6.92 Å². The monoisotopic (exact) mass is 413 g/mol. The minimum Gasteiger partial charge on any atom is -0.477 e. The Balaban J connectivity index is 2.04. The molecule has 1 unspecified atom stereocenters. The van der Waals surface area contributed by atoms with Crippen molar-refractivity contribution in [2.24, 2.45) is 5.92 Å². The fraction of sp³-hybridized carbons (Fsp3) is 0.562. The number of hydrogen-bond acceptors (Lipinski definition) is 8. The van der Waals surface area contributed by atoms with Gasteiger partial charge in [0.15, 0.2) is 0 Å². The third kappa shape index (κ3) is 4.75. The van der Waals surface area contributed by atoms with E-state index in [1.807, 2.05) is 6.07 Å². The van der Waals surface area contributed by atoms with E-state index < -0.39 is 29.3 Å². The maximum atomic E-state index is 12.5. The topological polar surface area (TPSA) is 137 Å². The highest BCUT2D eigenvalue weighted by Crippen LogP contribution is 2.40. The van der Waals surface area contributed by atoms with Crippen LogP contribution < -0.4 is 5.32 Å². The number of carboxylic acid groups (broad SMARTS) is 1. The summed E-state index contributed by atoms with van der Waals surface area (Å²) in [5, 5.41) is 20.2. The molecule has 27 heavy (non-hydrogen) atoms. The van der Waals surface area contributed by atoms with Crippen molar-refractivity contribution in [3.8, 4) is 6.07 Å². The van der Waals surface area contributed by atoms with Gasteiger partial charge in [0.2, 0.25) is 5.91 Å². The lowest BCUT2D eigenvalue weighted by Gasteiger charge is -2.49. The molecule has 2 rings (SSSR count). The quantitative estimate of drug-likeness (QED) is 0.324. The van der Waals surface area contributed by atoms with Crippen molar-refractivity contribution in [2.45, 2.75) is 25.3 Å². The first-order chi connectivity index (χ1) is 12.8. The highest BCUT2D eigenvalue weighted by molar-refractivity contribution is 8.00. The van der Waals surface area contributed by atoms with Crippen LogP contribution in [0.4, 0.5) is 0 Å². The Morgan fingerprint density at radius 3 is 2.81 bits per heavy atom. The third-order valence-corrected chi connectivity index (χ3v) is 6.39. The van der Waals surface area contributed by atoms with E-state index in [1.54, 1.807) is 6.92 Å². The van der Waals surface area contributed by atoms with Gasteiger partial charge in [0.1, 0.15) is 23.7 Å². The van der Waals surface area contributed by atoms with Gasteiger partial charge in [-0.3, -0.25) is 19.3 Å². The predicted molar refractivity (Wildman–Crippen MR) is 98.4 cm³/mol. The molecule has 0 radical (unpaired) electrons. The van der Waals surface area contributed by atoms with E-state index >= 15 is 0 Å². The van der Waals surface area contributed by atoms with Gasteiger partial charge in [0, 0.05) is 29.9 Å². The maximum Gasteiger partial charge on any atom is 0.352 e. The van der Waals surface area contributed by atoms with Crippen LogP contribution in [0, 0.1) is 17.2 Å². The summed E-state index contributed by atoms with van der Waals surface area (Å²) < 4.78 is 4.87. The number of hydrogen-bond donors (Lipinski definition) is 2. The van der Waals surface area contributed by atoms with Gasteiger partial charge in [-0.2, -0.15) is 5.26 Å². The molecule has 0 aromatic heterocycles. The molecule has 2 aliphatic rings. The largest absolute Gasteiger partial charge is 0.477 e. The first-order valence-corrected chi connectivity index (χ1v) is 10.3. The highest BCUT2D eigenvalue weighted by atomic mass is 32.2. The molecule has 0 aliphatic carbocycles. The number of aliphatic carboxylic acids is 1. The normalized spacial score (nSPS) is 22.3. The van der Waals surface area contributed by atoms with Crippen molar-refractivity contribution in [1.82, 2.24) is 10.2 Å². The highest BCUT2D eigenvalue weighted by Gasteiger charge is 2.54. The Labute approximate surface area is 164 Å². The number of esters is 1. The molecule has 1 saturated heterocycles. The molecule has 0 aromatic carbocycles. The van der Waals surface area contributed by atoms with E-state index in [-0.39, 0.29) is 35.6 Å². The molecule has 0 aromatic rings. The van der Waals surface area contributed by atoms with Crippen molar-refractivity contribution in [2.75, 3.05) is 23.9 Å². The number of carboxylic acids is 1. The molecule has 11 heteroatoms. The van der Waals surface area contributed by atoms with Crippen LogP contribution >= 0.6 is 23.5 Å². The molecule has 146 valence electrons. The minimum absolute atomic E-state index is 0.187. The summed E-state index contributed by atoms with van der Waals surface area (Å²) in [4.78, 5) is 48.4. The van der Waals surface area contributed by atoms with Crippen LogP contribution in [-0.4, -0.2) is 69.0 Å². The smallest absolute Gasteiger partial charge is 0.352 e. The predicted octanol–water partition coefficient (Wildman–Crippen LogP) is 0.181. The molecule has 0 bridgehead atoms. The second-order valence-corrected chi connectivity index (χ2v) is 8.14. The zero-order valence-corrected chi connectivity index (χ0v) is 16.4. The Bertz CT molecular complexity index is 732. The Morgan fingerprint density at radius 1 is 1.52 bits per heavy atom. The van der Waals surface area contributed by atoms with Crippen LogP contribution in [0.25, 0.3) is 0 Å². The number of ether oxygens (including phenoxy) is 1. The van der Waals surface area contributed by atoms with E-state index in [0.29, 0.717) is 11.3 Å². The first-order valence-electron chi connectivity index (χ1n) is 8.06. The molecule has 1 fully saturated rings. The molecule has 9 nitrogen and oxygen atoms in total. The Kier molecular flexibility index (Phi) is 7.15. The summed E-state index contributed by atoms with van der Waals surface area (Å²) >= 11 is 2.64. The number of nitriles is 1. The standard InChI is InChI=1S/C16H19N3O6S2/c1-8(6-26-4-3-17)13(21)18-11-14(22)19-12(16(23)24)10(5-25-9(2)20)7-27-15(11)19/h8,11,15H,4-7H2,1-2H3,(H,18,21)(H,23,24)/t8?,11-,15+/m1/s1. The summed E-state index contributed by atoms with van der Waals surface area (Å²) in [7, 11) is 0. The Hall–Kier alpha value is -2.19. The van der Waals surface area contributed by atoms with Crippen LogP contribution in [0.3, 0.4) is 0 Å². The second-order valence-electron chi connectivity index (χ2n) is 6.01. The number of β-lactam (4-membered cyclic amide) rings is 1. The van der Waals surface area contributed by atoms with Crippen LogP contribution in [0.2, 0.25) is 0 Å². The molecule has 3 atom stereocenters. The summed E-state index contributed by atoms with van der Waals surface area (Å²) in [6.45, 7) is 2.73. The summed E-state index contributed by atoms with van der Waals surface area (Å²) in [5.74, 6) is -2.00. The minimum atomic E-state index is -1.28. The van der Waals surface area contributed by atoms with Crippen LogP contribution in [-0.2, 0) is 23.9 Å². The van der Waals surface area contributed by atoms with E-state index in [1.165, 1.54) is 30.4 Å². The zero-order chi connectivity index (χ0) is 20.1. The van der Waals surface area contributed by atoms with Gasteiger partial charge < -0.3 is 15.2 Å². The van der Waals surface area contributed by atoms with E-state index in [0.717, 1.165) is 4.90 Å². The van der Waals surface area contributed by atoms with Gasteiger partial charge in [-0.05, 0) is 0 Å².